The molecule has 2 aromatic rings. The van der Waals surface area contributed by atoms with Gasteiger partial charge in [-0.2, -0.15) is 0 Å². The second kappa shape index (κ2) is 7.87. The van der Waals surface area contributed by atoms with E-state index in [1.807, 2.05) is 48.5 Å². The SMILES string of the molecule is O=C1S/C(=C\c2ccc(I)cc2)C(=O)N1CNc1ccccc1I. The molecule has 1 aliphatic rings. The minimum Gasteiger partial charge on any atom is -0.366 e. The average Bonchev–Trinajstić information content (AvgIpc) is 2.83. The summed E-state index contributed by atoms with van der Waals surface area (Å²) in [6, 6.07) is 15.5. The van der Waals surface area contributed by atoms with Gasteiger partial charge in [0.25, 0.3) is 11.1 Å². The molecule has 1 heterocycles. The molecular formula is C17H12I2N2O2S. The number of benzene rings is 2. The molecule has 0 saturated carbocycles. The van der Waals surface area contributed by atoms with Crippen LogP contribution in [0.2, 0.25) is 0 Å². The maximum absolute atomic E-state index is 12.5. The first-order chi connectivity index (χ1) is 11.5. The Labute approximate surface area is 171 Å². The second-order valence-electron chi connectivity index (χ2n) is 4.98. The van der Waals surface area contributed by atoms with E-state index in [1.54, 1.807) is 6.08 Å². The maximum atomic E-state index is 12.5. The number of imide groups is 1. The number of thioether (sulfide) groups is 1. The number of carbonyl (C=O) groups is 2. The van der Waals surface area contributed by atoms with Crippen molar-refractivity contribution in [1.29, 1.82) is 0 Å². The van der Waals surface area contributed by atoms with Crippen molar-refractivity contribution in [3.63, 3.8) is 0 Å². The number of nitrogens with one attached hydrogen (secondary N) is 1. The van der Waals surface area contributed by atoms with Crippen molar-refractivity contribution < 1.29 is 9.59 Å². The highest BCUT2D eigenvalue weighted by molar-refractivity contribution is 14.1. The summed E-state index contributed by atoms with van der Waals surface area (Å²) in [7, 11) is 0. The first-order valence-corrected chi connectivity index (χ1v) is 10.0. The number of hydrogen-bond donors (Lipinski definition) is 1. The average molecular weight is 562 g/mol. The number of hydrogen-bond acceptors (Lipinski definition) is 4. The highest BCUT2D eigenvalue weighted by atomic mass is 127. The van der Waals surface area contributed by atoms with Crippen LogP contribution in [0.1, 0.15) is 5.56 Å². The lowest BCUT2D eigenvalue weighted by Gasteiger charge is -2.15. The molecule has 0 spiro atoms. The van der Waals surface area contributed by atoms with Gasteiger partial charge in [-0.15, -0.1) is 0 Å². The highest BCUT2D eigenvalue weighted by Gasteiger charge is 2.34. The third kappa shape index (κ3) is 4.12. The fourth-order valence-electron chi connectivity index (χ4n) is 2.12. The van der Waals surface area contributed by atoms with E-state index >= 15 is 0 Å². The topological polar surface area (TPSA) is 49.4 Å². The van der Waals surface area contributed by atoms with Crippen LogP contribution in [0.5, 0.6) is 0 Å². The van der Waals surface area contributed by atoms with Crippen molar-refractivity contribution in [3.8, 4) is 0 Å². The molecule has 1 N–H and O–H groups in total. The van der Waals surface area contributed by atoms with Gasteiger partial charge in [-0.05, 0) is 92.8 Å². The van der Waals surface area contributed by atoms with E-state index in [0.29, 0.717) is 4.91 Å². The molecule has 122 valence electrons. The Bertz CT molecular complexity index is 822. The van der Waals surface area contributed by atoms with Gasteiger partial charge < -0.3 is 5.32 Å². The molecule has 1 fully saturated rings. The summed E-state index contributed by atoms with van der Waals surface area (Å²) in [6.45, 7) is 0.161. The Kier molecular flexibility index (Phi) is 5.82. The Morgan fingerprint density at radius 2 is 1.75 bits per heavy atom. The molecule has 2 aromatic carbocycles. The number of halogens is 2. The van der Waals surface area contributed by atoms with E-state index in [-0.39, 0.29) is 17.8 Å². The summed E-state index contributed by atoms with van der Waals surface area (Å²) in [5.74, 6) is -0.262. The zero-order valence-corrected chi connectivity index (χ0v) is 17.5. The van der Waals surface area contributed by atoms with Crippen molar-refractivity contribution in [3.05, 3.63) is 66.1 Å². The summed E-state index contributed by atoms with van der Waals surface area (Å²) >= 11 is 5.41. The standard InChI is InChI=1S/C17H12I2N2O2S/c18-12-7-5-11(6-8-12)9-15-16(22)21(17(23)24-15)10-20-14-4-2-1-3-13(14)19/h1-9,20H,10H2/b15-9-. The van der Waals surface area contributed by atoms with Crippen LogP contribution in [-0.4, -0.2) is 22.7 Å². The molecule has 3 rings (SSSR count). The molecule has 7 heteroatoms. The second-order valence-corrected chi connectivity index (χ2v) is 8.38. The van der Waals surface area contributed by atoms with Crippen LogP contribution in [0.4, 0.5) is 10.5 Å². The van der Waals surface area contributed by atoms with E-state index in [4.69, 9.17) is 0 Å². The van der Waals surface area contributed by atoms with Crippen molar-refractivity contribution in [2.75, 3.05) is 12.0 Å². The van der Waals surface area contributed by atoms with Gasteiger partial charge in [0.1, 0.15) is 0 Å². The summed E-state index contributed by atoms with van der Waals surface area (Å²) in [6.07, 6.45) is 1.76. The minimum absolute atomic E-state index is 0.161. The molecule has 1 saturated heterocycles. The normalized spacial score (nSPS) is 16.1. The number of nitrogens with zero attached hydrogens (tertiary/aromatic N) is 1. The number of carbonyl (C=O) groups excluding carboxylic acids is 2. The van der Waals surface area contributed by atoms with Crippen molar-refractivity contribution in [1.82, 2.24) is 4.90 Å². The van der Waals surface area contributed by atoms with Gasteiger partial charge in [0.2, 0.25) is 0 Å². The van der Waals surface area contributed by atoms with E-state index in [1.165, 1.54) is 4.90 Å². The third-order valence-electron chi connectivity index (χ3n) is 3.34. The lowest BCUT2D eigenvalue weighted by Crippen LogP contribution is -2.33. The van der Waals surface area contributed by atoms with Crippen LogP contribution in [0.15, 0.2) is 53.4 Å². The largest absolute Gasteiger partial charge is 0.366 e. The molecule has 0 aliphatic carbocycles. The number of para-hydroxylation sites is 1. The third-order valence-corrected chi connectivity index (χ3v) is 5.91. The quantitative estimate of drug-likeness (QED) is 0.421. The lowest BCUT2D eigenvalue weighted by atomic mass is 10.2. The highest BCUT2D eigenvalue weighted by Crippen LogP contribution is 2.32. The van der Waals surface area contributed by atoms with Gasteiger partial charge in [0.15, 0.2) is 0 Å². The van der Waals surface area contributed by atoms with E-state index in [2.05, 4.69) is 50.5 Å². The van der Waals surface area contributed by atoms with E-state index in [9.17, 15) is 9.59 Å². The minimum atomic E-state index is -0.262. The van der Waals surface area contributed by atoms with Gasteiger partial charge in [0.05, 0.1) is 11.6 Å². The van der Waals surface area contributed by atoms with Crippen LogP contribution < -0.4 is 5.32 Å². The predicted octanol–water partition coefficient (Wildman–Crippen LogP) is 5.00. The zero-order valence-electron chi connectivity index (χ0n) is 12.3. The fourth-order valence-corrected chi connectivity index (χ4v) is 3.89. The van der Waals surface area contributed by atoms with Gasteiger partial charge in [0, 0.05) is 12.8 Å². The molecule has 2 amide bonds. The number of rotatable bonds is 4. The summed E-state index contributed by atoms with van der Waals surface area (Å²) in [5, 5.41) is 2.89. The Hall–Kier alpha value is -1.07. The Balaban J connectivity index is 1.72. The lowest BCUT2D eigenvalue weighted by molar-refractivity contribution is -0.122. The smallest absolute Gasteiger partial charge is 0.295 e. The molecule has 0 bridgehead atoms. The van der Waals surface area contributed by atoms with Crippen LogP contribution in [0, 0.1) is 7.14 Å². The van der Waals surface area contributed by atoms with Gasteiger partial charge in [-0.25, -0.2) is 0 Å². The first-order valence-electron chi connectivity index (χ1n) is 7.04. The van der Waals surface area contributed by atoms with Crippen molar-refractivity contribution in [2.45, 2.75) is 0 Å². The molecule has 1 aliphatic heterocycles. The summed E-state index contributed by atoms with van der Waals surface area (Å²) in [5.41, 5.74) is 1.81. The maximum Gasteiger partial charge on any atom is 0.295 e. The first kappa shape index (κ1) is 17.7. The van der Waals surface area contributed by atoms with E-state index < -0.39 is 0 Å². The molecule has 0 aromatic heterocycles. The van der Waals surface area contributed by atoms with Crippen LogP contribution in [-0.2, 0) is 4.79 Å². The van der Waals surface area contributed by atoms with Crippen LogP contribution in [0.3, 0.4) is 0 Å². The van der Waals surface area contributed by atoms with Crippen molar-refractivity contribution in [2.24, 2.45) is 0 Å². The Morgan fingerprint density at radius 3 is 2.46 bits per heavy atom. The van der Waals surface area contributed by atoms with Gasteiger partial charge in [-0.3, -0.25) is 14.5 Å². The van der Waals surface area contributed by atoms with Gasteiger partial charge >= 0.3 is 0 Å². The molecular weight excluding hydrogens is 550 g/mol. The Morgan fingerprint density at radius 1 is 1.04 bits per heavy atom. The van der Waals surface area contributed by atoms with Crippen LogP contribution in [0.25, 0.3) is 6.08 Å². The number of amides is 2. The number of anilines is 1. The summed E-state index contributed by atoms with van der Waals surface area (Å²) in [4.78, 5) is 26.3. The monoisotopic (exact) mass is 562 g/mol. The van der Waals surface area contributed by atoms with E-state index in [0.717, 1.165) is 30.2 Å². The molecule has 4 nitrogen and oxygen atoms in total. The predicted molar refractivity (Wildman–Crippen MR) is 115 cm³/mol. The van der Waals surface area contributed by atoms with Crippen LogP contribution >= 0.6 is 56.9 Å². The summed E-state index contributed by atoms with van der Waals surface area (Å²) < 4.78 is 2.16. The van der Waals surface area contributed by atoms with Crippen molar-refractivity contribution >= 4 is 79.9 Å². The molecule has 0 atom stereocenters. The molecule has 0 unspecified atom stereocenters. The van der Waals surface area contributed by atoms with Gasteiger partial charge in [-0.1, -0.05) is 24.3 Å². The molecule has 0 radical (unpaired) electrons. The molecule has 24 heavy (non-hydrogen) atoms. The zero-order chi connectivity index (χ0) is 17.1. The fraction of sp³-hybridized carbons (Fsp3) is 0.0588.